The van der Waals surface area contributed by atoms with Crippen LogP contribution in [0.3, 0.4) is 0 Å². The summed E-state index contributed by atoms with van der Waals surface area (Å²) in [7, 11) is 3.33. The molecule has 3 aromatic carbocycles. The maximum absolute atomic E-state index is 6.49. The quantitative estimate of drug-likeness (QED) is 0.551. The van der Waals surface area contributed by atoms with Crippen LogP contribution in [0.25, 0.3) is 0 Å². The molecule has 30 heavy (non-hydrogen) atoms. The molecule has 2 aliphatic heterocycles. The van der Waals surface area contributed by atoms with Gasteiger partial charge in [0.2, 0.25) is 6.23 Å². The largest absolute Gasteiger partial charge is 0.496 e. The Labute approximate surface area is 180 Å². The Morgan fingerprint density at radius 2 is 1.60 bits per heavy atom. The molecule has 0 saturated heterocycles. The first kappa shape index (κ1) is 18.8. The third-order valence-electron chi connectivity index (χ3n) is 5.58. The van der Waals surface area contributed by atoms with E-state index in [1.807, 2.05) is 65.7 Å². The first-order chi connectivity index (χ1) is 14.7. The van der Waals surface area contributed by atoms with Gasteiger partial charge < -0.3 is 14.2 Å². The van der Waals surface area contributed by atoms with E-state index < -0.39 is 6.23 Å². The zero-order valence-electron chi connectivity index (χ0n) is 16.7. The molecule has 2 aliphatic rings. The summed E-state index contributed by atoms with van der Waals surface area (Å²) in [6.07, 6.45) is 0.330. The monoisotopic (exact) mass is 420 g/mol. The van der Waals surface area contributed by atoms with E-state index in [1.54, 1.807) is 14.2 Å². The number of methoxy groups -OCH3 is 2. The Morgan fingerprint density at radius 3 is 2.37 bits per heavy atom. The molecule has 0 N–H and O–H groups in total. The van der Waals surface area contributed by atoms with Gasteiger partial charge in [-0.1, -0.05) is 48.0 Å². The molecule has 2 atom stereocenters. The van der Waals surface area contributed by atoms with Crippen molar-refractivity contribution in [2.75, 3.05) is 14.2 Å². The molecular weight excluding hydrogens is 400 g/mol. The minimum absolute atomic E-state index is 0.0319. The zero-order chi connectivity index (χ0) is 20.7. The van der Waals surface area contributed by atoms with Crippen LogP contribution in [0.5, 0.6) is 17.2 Å². The number of rotatable bonds is 4. The van der Waals surface area contributed by atoms with E-state index in [2.05, 4.69) is 6.07 Å². The van der Waals surface area contributed by atoms with E-state index >= 15 is 0 Å². The smallest absolute Gasteiger partial charge is 0.217 e. The summed E-state index contributed by atoms with van der Waals surface area (Å²) in [5.41, 5.74) is 4.03. The Balaban J connectivity index is 1.64. The molecule has 6 heteroatoms. The number of halogens is 1. The normalized spacial score (nSPS) is 19.4. The van der Waals surface area contributed by atoms with Crippen LogP contribution < -0.4 is 14.2 Å². The number of hydrogen-bond donors (Lipinski definition) is 0. The van der Waals surface area contributed by atoms with Crippen molar-refractivity contribution in [1.82, 2.24) is 5.01 Å². The van der Waals surface area contributed by atoms with Crippen molar-refractivity contribution in [2.24, 2.45) is 5.10 Å². The van der Waals surface area contributed by atoms with Crippen LogP contribution >= 0.6 is 11.6 Å². The molecule has 0 unspecified atom stereocenters. The lowest BCUT2D eigenvalue weighted by molar-refractivity contribution is -0.0221. The van der Waals surface area contributed by atoms with E-state index in [-0.39, 0.29) is 6.04 Å². The maximum Gasteiger partial charge on any atom is 0.217 e. The summed E-state index contributed by atoms with van der Waals surface area (Å²) in [6.45, 7) is 0. The Hall–Kier alpha value is -3.18. The molecule has 0 aliphatic carbocycles. The Kier molecular flexibility index (Phi) is 4.75. The van der Waals surface area contributed by atoms with Crippen molar-refractivity contribution in [3.05, 3.63) is 88.4 Å². The second-order valence-electron chi connectivity index (χ2n) is 7.24. The summed E-state index contributed by atoms with van der Waals surface area (Å²) in [4.78, 5) is 0. The third kappa shape index (κ3) is 3.06. The van der Waals surface area contributed by atoms with Crippen molar-refractivity contribution in [2.45, 2.75) is 18.7 Å². The van der Waals surface area contributed by atoms with Crippen molar-refractivity contribution < 1.29 is 14.2 Å². The molecule has 0 saturated carbocycles. The molecule has 0 spiro atoms. The van der Waals surface area contributed by atoms with Crippen molar-refractivity contribution in [3.63, 3.8) is 0 Å². The van der Waals surface area contributed by atoms with Gasteiger partial charge >= 0.3 is 0 Å². The first-order valence-electron chi connectivity index (χ1n) is 9.78. The number of fused-ring (bicyclic) bond motifs is 3. The highest BCUT2D eigenvalue weighted by molar-refractivity contribution is 6.30. The standard InChI is InChI=1S/C24H21ClN2O3/c1-28-21-8-4-3-6-18(21)24-27-20(17-7-5-9-22(29-2)23(17)30-24)14-19(26-27)15-10-12-16(25)13-11-15/h3-13,20,24H,14H2,1-2H3/t20-,24-/m0/s1. The van der Waals surface area contributed by atoms with Crippen LogP contribution in [-0.4, -0.2) is 24.9 Å². The van der Waals surface area contributed by atoms with Crippen molar-refractivity contribution in [3.8, 4) is 17.2 Å². The minimum atomic E-state index is -0.431. The maximum atomic E-state index is 6.49. The lowest BCUT2D eigenvalue weighted by Crippen LogP contribution is -2.34. The summed E-state index contributed by atoms with van der Waals surface area (Å²) >= 11 is 6.08. The van der Waals surface area contributed by atoms with Gasteiger partial charge in [-0.05, 0) is 35.9 Å². The van der Waals surface area contributed by atoms with Gasteiger partial charge in [-0.25, -0.2) is 5.01 Å². The summed E-state index contributed by atoms with van der Waals surface area (Å²) in [5, 5.41) is 7.72. The lowest BCUT2D eigenvalue weighted by atomic mass is 9.95. The van der Waals surface area contributed by atoms with Gasteiger partial charge in [0, 0.05) is 17.0 Å². The molecule has 5 nitrogen and oxygen atoms in total. The molecule has 5 rings (SSSR count). The molecular formula is C24H21ClN2O3. The van der Waals surface area contributed by atoms with Crippen LogP contribution in [-0.2, 0) is 0 Å². The second kappa shape index (κ2) is 7.58. The van der Waals surface area contributed by atoms with E-state index in [4.69, 9.17) is 30.9 Å². The number of nitrogens with zero attached hydrogens (tertiary/aromatic N) is 2. The predicted molar refractivity (Wildman–Crippen MR) is 117 cm³/mol. The average molecular weight is 421 g/mol. The molecule has 152 valence electrons. The SMILES string of the molecule is COc1ccccc1[C@@H]1Oc2c(OC)cccc2[C@@H]2CC(c3ccc(Cl)cc3)=NN21. The molecule has 0 radical (unpaired) electrons. The van der Waals surface area contributed by atoms with Gasteiger partial charge in [-0.2, -0.15) is 5.10 Å². The van der Waals surface area contributed by atoms with Crippen LogP contribution in [0, 0.1) is 0 Å². The molecule has 2 heterocycles. The van der Waals surface area contributed by atoms with Gasteiger partial charge in [0.05, 0.1) is 31.5 Å². The van der Waals surface area contributed by atoms with E-state index in [1.165, 1.54) is 0 Å². The minimum Gasteiger partial charge on any atom is -0.496 e. The predicted octanol–water partition coefficient (Wildman–Crippen LogP) is 5.60. The van der Waals surface area contributed by atoms with Crippen LogP contribution in [0.2, 0.25) is 5.02 Å². The third-order valence-corrected chi connectivity index (χ3v) is 5.83. The highest BCUT2D eigenvalue weighted by Crippen LogP contribution is 2.51. The highest BCUT2D eigenvalue weighted by atomic mass is 35.5. The van der Waals surface area contributed by atoms with Gasteiger partial charge in [0.25, 0.3) is 0 Å². The number of benzene rings is 3. The molecule has 0 bridgehead atoms. The number of hydrogen-bond acceptors (Lipinski definition) is 5. The lowest BCUT2D eigenvalue weighted by Gasteiger charge is -2.39. The fraction of sp³-hybridized carbons (Fsp3) is 0.208. The first-order valence-corrected chi connectivity index (χ1v) is 10.2. The van der Waals surface area contributed by atoms with Gasteiger partial charge in [0.1, 0.15) is 5.75 Å². The molecule has 0 fully saturated rings. The Morgan fingerprint density at radius 1 is 0.900 bits per heavy atom. The Bertz CT molecular complexity index is 1110. The van der Waals surface area contributed by atoms with Gasteiger partial charge in [-0.3, -0.25) is 0 Å². The fourth-order valence-corrected chi connectivity index (χ4v) is 4.26. The van der Waals surface area contributed by atoms with Gasteiger partial charge in [0.15, 0.2) is 11.5 Å². The van der Waals surface area contributed by atoms with Crippen LogP contribution in [0.1, 0.15) is 35.4 Å². The fourth-order valence-electron chi connectivity index (χ4n) is 4.14. The highest BCUT2D eigenvalue weighted by Gasteiger charge is 2.43. The molecule has 0 aromatic heterocycles. The molecule has 3 aromatic rings. The van der Waals surface area contributed by atoms with E-state index in [9.17, 15) is 0 Å². The van der Waals surface area contributed by atoms with E-state index in [0.717, 1.165) is 40.3 Å². The summed E-state index contributed by atoms with van der Waals surface area (Å²) in [5.74, 6) is 2.23. The van der Waals surface area contributed by atoms with Crippen molar-refractivity contribution >= 4 is 17.3 Å². The molecule has 0 amide bonds. The van der Waals surface area contributed by atoms with Gasteiger partial charge in [-0.15, -0.1) is 0 Å². The topological polar surface area (TPSA) is 43.3 Å². The number of para-hydroxylation sites is 2. The van der Waals surface area contributed by atoms with Crippen molar-refractivity contribution in [1.29, 1.82) is 0 Å². The second-order valence-corrected chi connectivity index (χ2v) is 7.68. The number of ether oxygens (including phenoxy) is 3. The van der Waals surface area contributed by atoms with Crippen LogP contribution in [0.4, 0.5) is 0 Å². The zero-order valence-corrected chi connectivity index (χ0v) is 17.5. The summed E-state index contributed by atoms with van der Waals surface area (Å²) < 4.78 is 17.7. The van der Waals surface area contributed by atoms with Crippen LogP contribution in [0.15, 0.2) is 71.8 Å². The van der Waals surface area contributed by atoms with E-state index in [0.29, 0.717) is 10.8 Å². The average Bonchev–Trinajstić information content (AvgIpc) is 3.24. The summed E-state index contributed by atoms with van der Waals surface area (Å²) in [6, 6.07) is 21.7. The number of hydrazone groups is 1.